The molecule has 2 aromatic rings. The number of Topliss-reactive ketones (excluding diaryl/α,β-unsaturated/α-hetero) is 1. The minimum Gasteiger partial charge on any atom is -0.426 e. The van der Waals surface area contributed by atoms with Crippen molar-refractivity contribution in [3.63, 3.8) is 0 Å². The van der Waals surface area contributed by atoms with Gasteiger partial charge < -0.3 is 10.1 Å². The van der Waals surface area contributed by atoms with Crippen LogP contribution in [0, 0.1) is 0 Å². The molecular weight excluding hydrogens is 384 g/mol. The van der Waals surface area contributed by atoms with Gasteiger partial charge in [0.25, 0.3) is 0 Å². The molecular formula is C19H20N2O6S. The minimum atomic E-state index is -3.91. The molecule has 0 spiro atoms. The Kier molecular flexibility index (Phi) is 6.66. The number of benzene rings is 2. The molecule has 0 bridgehead atoms. The van der Waals surface area contributed by atoms with E-state index in [4.69, 9.17) is 4.74 Å². The number of ketones is 1. The second kappa shape index (κ2) is 8.77. The summed E-state index contributed by atoms with van der Waals surface area (Å²) in [6.45, 7) is 2.27. The van der Waals surface area contributed by atoms with Gasteiger partial charge in [-0.05, 0) is 55.5 Å². The Hall–Kier alpha value is -3.04. The molecule has 1 N–H and O–H groups in total. The number of rotatable bonds is 7. The number of amides is 1. The predicted molar refractivity (Wildman–Crippen MR) is 103 cm³/mol. The van der Waals surface area contributed by atoms with Gasteiger partial charge in [-0.1, -0.05) is 0 Å². The Morgan fingerprint density at radius 1 is 0.964 bits per heavy atom. The summed E-state index contributed by atoms with van der Waals surface area (Å²) >= 11 is 0. The Labute approximate surface area is 163 Å². The first kappa shape index (κ1) is 21.3. The number of nitrogens with one attached hydrogen (secondary N) is 1. The van der Waals surface area contributed by atoms with E-state index in [9.17, 15) is 22.8 Å². The van der Waals surface area contributed by atoms with Crippen LogP contribution in [-0.4, -0.2) is 44.0 Å². The number of likely N-dealkylation sites (N-methyl/N-ethyl adjacent to an activating group) is 1. The monoisotopic (exact) mass is 404 g/mol. The molecule has 8 nitrogen and oxygen atoms in total. The van der Waals surface area contributed by atoms with Gasteiger partial charge in [-0.25, -0.2) is 8.42 Å². The predicted octanol–water partition coefficient (Wildman–Crippen LogP) is 2.07. The van der Waals surface area contributed by atoms with Crippen molar-refractivity contribution in [1.29, 1.82) is 0 Å². The third-order valence-corrected chi connectivity index (χ3v) is 5.54. The topological polar surface area (TPSA) is 110 Å². The lowest BCUT2D eigenvalue weighted by molar-refractivity contribution is -0.134. The number of hydrogen-bond acceptors (Lipinski definition) is 6. The third kappa shape index (κ3) is 5.48. The van der Waals surface area contributed by atoms with Gasteiger partial charge in [-0.2, -0.15) is 4.31 Å². The molecule has 148 valence electrons. The zero-order valence-corrected chi connectivity index (χ0v) is 16.4. The highest BCUT2D eigenvalue weighted by atomic mass is 32.2. The van der Waals surface area contributed by atoms with Crippen LogP contribution >= 0.6 is 0 Å². The average Bonchev–Trinajstić information content (AvgIpc) is 2.62. The molecule has 28 heavy (non-hydrogen) atoms. The van der Waals surface area contributed by atoms with Crippen LogP contribution in [0.2, 0.25) is 0 Å². The van der Waals surface area contributed by atoms with Crippen molar-refractivity contribution in [3.8, 4) is 5.75 Å². The van der Waals surface area contributed by atoms with Crippen LogP contribution in [-0.2, 0) is 19.6 Å². The molecule has 2 rings (SSSR count). The van der Waals surface area contributed by atoms with Crippen LogP contribution < -0.4 is 10.1 Å². The molecule has 0 heterocycles. The number of anilines is 1. The lowest BCUT2D eigenvalue weighted by atomic mass is 10.1. The molecule has 0 aliphatic heterocycles. The summed E-state index contributed by atoms with van der Waals surface area (Å²) in [6, 6.07) is 11.5. The molecule has 0 fully saturated rings. The van der Waals surface area contributed by atoms with Crippen LogP contribution in [0.1, 0.15) is 24.2 Å². The summed E-state index contributed by atoms with van der Waals surface area (Å²) < 4.78 is 31.1. The van der Waals surface area contributed by atoms with E-state index in [2.05, 4.69) is 5.32 Å². The SMILES string of the molecule is CC(=O)Nc1ccc(S(=O)(=O)N(C)CC(=O)Oc2ccc(C(C)=O)cc2)cc1. The first-order valence-electron chi connectivity index (χ1n) is 8.25. The zero-order chi connectivity index (χ0) is 20.9. The lowest BCUT2D eigenvalue weighted by Crippen LogP contribution is -2.34. The Morgan fingerprint density at radius 3 is 2.04 bits per heavy atom. The summed E-state index contributed by atoms with van der Waals surface area (Å²) in [7, 11) is -2.65. The van der Waals surface area contributed by atoms with Crippen molar-refractivity contribution in [2.75, 3.05) is 18.9 Å². The van der Waals surface area contributed by atoms with Crippen molar-refractivity contribution < 1.29 is 27.5 Å². The molecule has 0 saturated carbocycles. The number of carbonyl (C=O) groups is 3. The number of esters is 1. The highest BCUT2D eigenvalue weighted by Crippen LogP contribution is 2.18. The fourth-order valence-electron chi connectivity index (χ4n) is 2.28. The Morgan fingerprint density at radius 2 is 1.54 bits per heavy atom. The van der Waals surface area contributed by atoms with Crippen LogP contribution in [0.4, 0.5) is 5.69 Å². The maximum absolute atomic E-state index is 12.6. The summed E-state index contributed by atoms with van der Waals surface area (Å²) in [6.07, 6.45) is 0. The molecule has 0 aromatic heterocycles. The van der Waals surface area contributed by atoms with Crippen LogP contribution in [0.15, 0.2) is 53.4 Å². The van der Waals surface area contributed by atoms with Crippen LogP contribution in [0.5, 0.6) is 5.75 Å². The van der Waals surface area contributed by atoms with Gasteiger partial charge in [0.15, 0.2) is 5.78 Å². The minimum absolute atomic E-state index is 0.0253. The average molecular weight is 404 g/mol. The highest BCUT2D eigenvalue weighted by molar-refractivity contribution is 7.89. The van der Waals surface area contributed by atoms with Crippen LogP contribution in [0.3, 0.4) is 0 Å². The van der Waals surface area contributed by atoms with Gasteiger partial charge in [0.2, 0.25) is 15.9 Å². The summed E-state index contributed by atoms with van der Waals surface area (Å²) in [5.74, 6) is -0.947. The normalized spacial score (nSPS) is 11.1. The molecule has 9 heteroatoms. The van der Waals surface area contributed by atoms with Gasteiger partial charge in [0, 0.05) is 25.2 Å². The van der Waals surface area contributed by atoms with Gasteiger partial charge in [0.1, 0.15) is 12.3 Å². The van der Waals surface area contributed by atoms with E-state index in [1.54, 1.807) is 0 Å². The maximum atomic E-state index is 12.6. The van der Waals surface area contributed by atoms with E-state index in [0.717, 1.165) is 4.31 Å². The molecule has 0 saturated heterocycles. The fraction of sp³-hybridized carbons (Fsp3) is 0.211. The molecule has 2 aromatic carbocycles. The van der Waals surface area contributed by atoms with Crippen molar-refractivity contribution in [1.82, 2.24) is 4.31 Å². The van der Waals surface area contributed by atoms with Crippen molar-refractivity contribution >= 4 is 33.4 Å². The van der Waals surface area contributed by atoms with E-state index < -0.39 is 22.5 Å². The second-order valence-electron chi connectivity index (χ2n) is 6.02. The number of carbonyl (C=O) groups excluding carboxylic acids is 3. The van der Waals surface area contributed by atoms with E-state index in [1.165, 1.54) is 69.4 Å². The molecule has 1 amide bonds. The number of hydrogen-bond donors (Lipinski definition) is 1. The van der Waals surface area contributed by atoms with E-state index in [-0.39, 0.29) is 22.3 Å². The van der Waals surface area contributed by atoms with E-state index >= 15 is 0 Å². The number of nitrogens with zero attached hydrogens (tertiary/aromatic N) is 1. The zero-order valence-electron chi connectivity index (χ0n) is 15.6. The number of sulfonamides is 1. The Balaban J connectivity index is 2.03. The van der Waals surface area contributed by atoms with Crippen LogP contribution in [0.25, 0.3) is 0 Å². The van der Waals surface area contributed by atoms with Gasteiger partial charge >= 0.3 is 5.97 Å². The standard InChI is InChI=1S/C19H20N2O6S/c1-13(22)15-4-8-17(9-5-15)27-19(24)12-21(3)28(25,26)18-10-6-16(7-11-18)20-14(2)23/h4-11H,12H2,1-3H3,(H,20,23). The third-order valence-electron chi connectivity index (χ3n) is 3.73. The smallest absolute Gasteiger partial charge is 0.326 e. The van der Waals surface area contributed by atoms with Crippen molar-refractivity contribution in [2.45, 2.75) is 18.7 Å². The summed E-state index contributed by atoms with van der Waals surface area (Å²) in [5, 5.41) is 2.54. The molecule has 0 atom stereocenters. The first-order chi connectivity index (χ1) is 13.1. The van der Waals surface area contributed by atoms with Crippen molar-refractivity contribution in [2.24, 2.45) is 0 Å². The first-order valence-corrected chi connectivity index (χ1v) is 9.69. The maximum Gasteiger partial charge on any atom is 0.326 e. The van der Waals surface area contributed by atoms with Gasteiger partial charge in [0.05, 0.1) is 4.90 Å². The number of ether oxygens (including phenoxy) is 1. The van der Waals surface area contributed by atoms with Gasteiger partial charge in [-0.3, -0.25) is 14.4 Å². The molecule has 0 unspecified atom stereocenters. The van der Waals surface area contributed by atoms with E-state index in [0.29, 0.717) is 11.3 Å². The highest BCUT2D eigenvalue weighted by Gasteiger charge is 2.24. The van der Waals surface area contributed by atoms with Gasteiger partial charge in [-0.15, -0.1) is 0 Å². The molecule has 0 aliphatic rings. The lowest BCUT2D eigenvalue weighted by Gasteiger charge is -2.16. The van der Waals surface area contributed by atoms with Crippen molar-refractivity contribution in [3.05, 3.63) is 54.1 Å². The summed E-state index contributed by atoms with van der Waals surface area (Å²) in [4.78, 5) is 34.3. The fourth-order valence-corrected chi connectivity index (χ4v) is 3.40. The second-order valence-corrected chi connectivity index (χ2v) is 8.07. The molecule has 0 radical (unpaired) electrons. The quantitative estimate of drug-likeness (QED) is 0.430. The Bertz CT molecular complexity index is 982. The summed E-state index contributed by atoms with van der Waals surface area (Å²) in [5.41, 5.74) is 0.935. The molecule has 0 aliphatic carbocycles. The van der Waals surface area contributed by atoms with E-state index in [1.807, 2.05) is 0 Å². The largest absolute Gasteiger partial charge is 0.426 e.